The van der Waals surface area contributed by atoms with Crippen LogP contribution in [0.2, 0.25) is 0 Å². The number of aliphatic carboxylic acids is 1. The van der Waals surface area contributed by atoms with Gasteiger partial charge in [-0.1, -0.05) is 18.2 Å². The Morgan fingerprint density at radius 1 is 1.26 bits per heavy atom. The number of carboxylic acids is 1. The molecule has 1 aromatic carbocycles. The first kappa shape index (κ1) is 15.5. The molecule has 0 aliphatic rings. The smallest absolute Gasteiger partial charge is 0.328 e. The van der Waals surface area contributed by atoms with Crippen LogP contribution in [-0.2, 0) is 9.59 Å². The zero-order chi connectivity index (χ0) is 14.1. The number of aliphatic hydroxyl groups is 1. The molecule has 0 saturated carbocycles. The van der Waals surface area contributed by atoms with Crippen LogP contribution in [0.1, 0.15) is 12.8 Å². The van der Waals surface area contributed by atoms with Crippen LogP contribution in [0.5, 0.6) is 0 Å². The Labute approximate surface area is 116 Å². The number of aliphatic hydroxyl groups excluding tert-OH is 1. The SMILES string of the molecule is O=C(CCCSc1ccccc1)NC(CO)C(=O)O. The van der Waals surface area contributed by atoms with Gasteiger partial charge in [0, 0.05) is 11.3 Å². The highest BCUT2D eigenvalue weighted by atomic mass is 32.2. The Balaban J connectivity index is 2.19. The number of hydrogen-bond donors (Lipinski definition) is 3. The van der Waals surface area contributed by atoms with Gasteiger partial charge in [-0.3, -0.25) is 4.79 Å². The topological polar surface area (TPSA) is 86.6 Å². The van der Waals surface area contributed by atoms with Crippen molar-refractivity contribution < 1.29 is 19.8 Å². The molecule has 0 aliphatic carbocycles. The van der Waals surface area contributed by atoms with Crippen LogP contribution >= 0.6 is 11.8 Å². The molecule has 0 aromatic heterocycles. The largest absolute Gasteiger partial charge is 0.480 e. The fourth-order valence-electron chi connectivity index (χ4n) is 1.39. The van der Waals surface area contributed by atoms with Crippen LogP contribution in [0.4, 0.5) is 0 Å². The number of amides is 1. The number of hydrogen-bond acceptors (Lipinski definition) is 4. The van der Waals surface area contributed by atoms with Crippen molar-refractivity contribution in [2.24, 2.45) is 0 Å². The Morgan fingerprint density at radius 2 is 1.95 bits per heavy atom. The van der Waals surface area contributed by atoms with E-state index in [1.54, 1.807) is 11.8 Å². The van der Waals surface area contributed by atoms with Crippen LogP contribution in [0.3, 0.4) is 0 Å². The Bertz CT molecular complexity index is 410. The molecule has 1 aromatic rings. The summed E-state index contributed by atoms with van der Waals surface area (Å²) in [5.41, 5.74) is 0. The van der Waals surface area contributed by atoms with Gasteiger partial charge < -0.3 is 15.5 Å². The minimum Gasteiger partial charge on any atom is -0.480 e. The van der Waals surface area contributed by atoms with Gasteiger partial charge in [0.15, 0.2) is 0 Å². The van der Waals surface area contributed by atoms with Crippen molar-refractivity contribution in [1.29, 1.82) is 0 Å². The average Bonchev–Trinajstić information content (AvgIpc) is 2.42. The number of carbonyl (C=O) groups is 2. The number of carboxylic acid groups (broad SMARTS) is 1. The molecule has 19 heavy (non-hydrogen) atoms. The number of rotatable bonds is 8. The second kappa shape index (κ2) is 8.55. The van der Waals surface area contributed by atoms with Gasteiger partial charge in [-0.2, -0.15) is 0 Å². The van der Waals surface area contributed by atoms with Crippen molar-refractivity contribution in [3.05, 3.63) is 30.3 Å². The van der Waals surface area contributed by atoms with Crippen LogP contribution < -0.4 is 5.32 Å². The highest BCUT2D eigenvalue weighted by Gasteiger charge is 2.17. The summed E-state index contributed by atoms with van der Waals surface area (Å²) in [5, 5.41) is 19.7. The van der Waals surface area contributed by atoms with E-state index >= 15 is 0 Å². The number of thioether (sulfide) groups is 1. The van der Waals surface area contributed by atoms with Crippen LogP contribution in [0.25, 0.3) is 0 Å². The van der Waals surface area contributed by atoms with Gasteiger partial charge in [0.05, 0.1) is 6.61 Å². The Hall–Kier alpha value is -1.53. The molecule has 1 atom stereocenters. The maximum atomic E-state index is 11.4. The van der Waals surface area contributed by atoms with E-state index < -0.39 is 18.6 Å². The van der Waals surface area contributed by atoms with Crippen LogP contribution in [0.15, 0.2) is 35.2 Å². The summed E-state index contributed by atoms with van der Waals surface area (Å²) >= 11 is 1.65. The van der Waals surface area contributed by atoms with Crippen molar-refractivity contribution in [3.63, 3.8) is 0 Å². The summed E-state index contributed by atoms with van der Waals surface area (Å²) in [4.78, 5) is 23.2. The maximum absolute atomic E-state index is 11.4. The molecule has 0 spiro atoms. The van der Waals surface area contributed by atoms with E-state index in [1.165, 1.54) is 0 Å². The number of nitrogens with one attached hydrogen (secondary N) is 1. The third kappa shape index (κ3) is 6.26. The summed E-state index contributed by atoms with van der Waals surface area (Å²) in [6.07, 6.45) is 0.909. The summed E-state index contributed by atoms with van der Waals surface area (Å²) < 4.78 is 0. The van der Waals surface area contributed by atoms with Gasteiger partial charge in [0.1, 0.15) is 6.04 Å². The predicted octanol–water partition coefficient (Wildman–Crippen LogP) is 1.12. The molecular weight excluding hydrogens is 266 g/mol. The van der Waals surface area contributed by atoms with Crippen LogP contribution in [-0.4, -0.2) is 40.5 Å². The lowest BCUT2D eigenvalue weighted by molar-refractivity contribution is -0.142. The van der Waals surface area contributed by atoms with E-state index in [9.17, 15) is 9.59 Å². The van der Waals surface area contributed by atoms with Gasteiger partial charge in [-0.15, -0.1) is 11.8 Å². The van der Waals surface area contributed by atoms with Gasteiger partial charge in [0.2, 0.25) is 5.91 Å². The lowest BCUT2D eigenvalue weighted by Crippen LogP contribution is -2.43. The van der Waals surface area contributed by atoms with Crippen molar-refractivity contribution in [2.75, 3.05) is 12.4 Å². The molecule has 0 saturated heterocycles. The molecule has 3 N–H and O–H groups in total. The standard InChI is InChI=1S/C13H17NO4S/c15-9-11(13(17)18)14-12(16)7-4-8-19-10-5-2-1-3-6-10/h1-3,5-6,11,15H,4,7-9H2,(H,14,16)(H,17,18). The molecule has 0 fully saturated rings. The molecule has 1 rings (SSSR count). The molecule has 1 amide bonds. The molecule has 1 unspecified atom stereocenters. The Morgan fingerprint density at radius 3 is 2.53 bits per heavy atom. The van der Waals surface area contributed by atoms with Gasteiger partial charge in [0.25, 0.3) is 0 Å². The first-order valence-electron chi connectivity index (χ1n) is 5.94. The second-order valence-corrected chi connectivity index (χ2v) is 5.07. The summed E-state index contributed by atoms with van der Waals surface area (Å²) in [5.74, 6) is -0.793. The lowest BCUT2D eigenvalue weighted by atomic mass is 10.2. The van der Waals surface area contributed by atoms with E-state index in [2.05, 4.69) is 5.32 Å². The highest BCUT2D eigenvalue weighted by molar-refractivity contribution is 7.99. The monoisotopic (exact) mass is 283 g/mol. The molecule has 0 aliphatic heterocycles. The van der Waals surface area contributed by atoms with Gasteiger partial charge in [-0.05, 0) is 24.3 Å². The van der Waals surface area contributed by atoms with Gasteiger partial charge >= 0.3 is 5.97 Å². The van der Waals surface area contributed by atoms with E-state index in [4.69, 9.17) is 10.2 Å². The maximum Gasteiger partial charge on any atom is 0.328 e. The van der Waals surface area contributed by atoms with E-state index in [0.29, 0.717) is 6.42 Å². The molecule has 6 heteroatoms. The van der Waals surface area contributed by atoms with Crippen molar-refractivity contribution in [2.45, 2.75) is 23.8 Å². The summed E-state index contributed by atoms with van der Waals surface area (Å²) in [6.45, 7) is -0.597. The molecule has 0 heterocycles. The van der Waals surface area contributed by atoms with Crippen molar-refractivity contribution >= 4 is 23.6 Å². The predicted molar refractivity (Wildman–Crippen MR) is 73.1 cm³/mol. The first-order chi connectivity index (χ1) is 9.13. The van der Waals surface area contributed by atoms with E-state index in [0.717, 1.165) is 10.6 Å². The number of benzene rings is 1. The zero-order valence-corrected chi connectivity index (χ0v) is 11.2. The average molecular weight is 283 g/mol. The summed E-state index contributed by atoms with van der Waals surface area (Å²) in [7, 11) is 0. The highest BCUT2D eigenvalue weighted by Crippen LogP contribution is 2.18. The van der Waals surface area contributed by atoms with E-state index in [-0.39, 0.29) is 12.3 Å². The summed E-state index contributed by atoms with van der Waals surface area (Å²) in [6, 6.07) is 8.63. The number of carbonyl (C=O) groups excluding carboxylic acids is 1. The fourth-order valence-corrected chi connectivity index (χ4v) is 2.27. The second-order valence-electron chi connectivity index (χ2n) is 3.91. The third-order valence-electron chi connectivity index (χ3n) is 2.38. The first-order valence-corrected chi connectivity index (χ1v) is 6.93. The van der Waals surface area contributed by atoms with Crippen LogP contribution in [0, 0.1) is 0 Å². The normalized spacial score (nSPS) is 11.8. The minimum atomic E-state index is -1.23. The van der Waals surface area contributed by atoms with Crippen molar-refractivity contribution in [3.8, 4) is 0 Å². The zero-order valence-electron chi connectivity index (χ0n) is 10.4. The molecule has 5 nitrogen and oxygen atoms in total. The minimum absolute atomic E-state index is 0.254. The lowest BCUT2D eigenvalue weighted by Gasteiger charge is -2.11. The molecular formula is C13H17NO4S. The third-order valence-corrected chi connectivity index (χ3v) is 3.47. The van der Waals surface area contributed by atoms with Crippen molar-refractivity contribution in [1.82, 2.24) is 5.32 Å². The van der Waals surface area contributed by atoms with Gasteiger partial charge in [-0.25, -0.2) is 4.79 Å². The quantitative estimate of drug-likeness (QED) is 0.491. The molecule has 104 valence electrons. The molecule has 0 bridgehead atoms. The molecule has 0 radical (unpaired) electrons. The fraction of sp³-hybridized carbons (Fsp3) is 0.385. The van der Waals surface area contributed by atoms with E-state index in [1.807, 2.05) is 30.3 Å². The Kier molecular flexibility index (Phi) is 6.99.